The number of nitrogens with zero attached hydrogens (tertiary/aromatic N) is 2. The monoisotopic (exact) mass is 276 g/mol. The molecule has 3 N–H and O–H groups in total. The second-order valence-corrected chi connectivity index (χ2v) is 5.26. The van der Waals surface area contributed by atoms with E-state index < -0.39 is 0 Å². The number of hydrogen-bond donors (Lipinski definition) is 2. The van der Waals surface area contributed by atoms with Crippen molar-refractivity contribution < 1.29 is 0 Å². The van der Waals surface area contributed by atoms with Crippen LogP contribution in [0.5, 0.6) is 0 Å². The first kappa shape index (κ1) is 13.8. The summed E-state index contributed by atoms with van der Waals surface area (Å²) < 4.78 is 0. The smallest absolute Gasteiger partial charge is 0.184 e. The molecular weight excluding hydrogens is 256 g/mol. The Kier molecular flexibility index (Phi) is 4.74. The van der Waals surface area contributed by atoms with Gasteiger partial charge >= 0.3 is 0 Å². The Hall–Kier alpha value is -1.62. The summed E-state index contributed by atoms with van der Waals surface area (Å²) in [4.78, 5) is 2.45. The molecule has 0 bridgehead atoms. The van der Waals surface area contributed by atoms with Crippen molar-refractivity contribution in [2.75, 3.05) is 18.0 Å². The van der Waals surface area contributed by atoms with Gasteiger partial charge in [0, 0.05) is 18.8 Å². The molecule has 2 rings (SSSR count). The van der Waals surface area contributed by atoms with Gasteiger partial charge in [0.15, 0.2) is 5.11 Å². The molecule has 1 heterocycles. The molecule has 0 aromatic heterocycles. The molecule has 1 aliphatic heterocycles. The number of aryl methyl sites for hydroxylation is 1. The molecule has 102 valence electrons. The summed E-state index contributed by atoms with van der Waals surface area (Å²) in [5.74, 6) is 0. The van der Waals surface area contributed by atoms with Gasteiger partial charge in [-0.3, -0.25) is 5.43 Å². The van der Waals surface area contributed by atoms with Crippen molar-refractivity contribution in [1.82, 2.24) is 5.43 Å². The zero-order chi connectivity index (χ0) is 13.7. The normalized spacial score (nSPS) is 15.7. The average molecular weight is 276 g/mol. The zero-order valence-corrected chi connectivity index (χ0v) is 12.0. The lowest BCUT2D eigenvalue weighted by atomic mass is 10.1. The topological polar surface area (TPSA) is 53.6 Å². The summed E-state index contributed by atoms with van der Waals surface area (Å²) in [6.45, 7) is 4.42. The van der Waals surface area contributed by atoms with Gasteiger partial charge in [-0.25, -0.2) is 0 Å². The number of hydrazone groups is 1. The van der Waals surface area contributed by atoms with Crippen LogP contribution in [0.1, 0.15) is 30.4 Å². The number of nitrogens with one attached hydrogen (secondary N) is 1. The van der Waals surface area contributed by atoms with E-state index >= 15 is 0 Å². The van der Waals surface area contributed by atoms with Crippen molar-refractivity contribution in [2.24, 2.45) is 10.8 Å². The number of anilines is 1. The van der Waals surface area contributed by atoms with E-state index in [2.05, 4.69) is 40.5 Å². The first-order chi connectivity index (χ1) is 9.16. The van der Waals surface area contributed by atoms with E-state index in [1.54, 1.807) is 6.21 Å². The summed E-state index contributed by atoms with van der Waals surface area (Å²) >= 11 is 4.70. The third-order valence-electron chi connectivity index (χ3n) is 3.35. The van der Waals surface area contributed by atoms with Crippen LogP contribution in [0, 0.1) is 6.92 Å². The van der Waals surface area contributed by atoms with Crippen molar-refractivity contribution in [3.8, 4) is 0 Å². The molecule has 0 amide bonds. The number of piperidine rings is 1. The van der Waals surface area contributed by atoms with Crippen LogP contribution in [0.2, 0.25) is 0 Å². The Morgan fingerprint density at radius 1 is 1.37 bits per heavy atom. The number of thiocarbonyl (C=S) groups is 1. The molecule has 1 aromatic rings. The molecule has 0 radical (unpaired) electrons. The Morgan fingerprint density at radius 2 is 2.11 bits per heavy atom. The number of benzene rings is 1. The van der Waals surface area contributed by atoms with Crippen LogP contribution in [0.4, 0.5) is 5.69 Å². The Labute approximate surface area is 119 Å². The van der Waals surface area contributed by atoms with Crippen LogP contribution in [0.15, 0.2) is 23.3 Å². The van der Waals surface area contributed by atoms with Crippen molar-refractivity contribution in [2.45, 2.75) is 26.2 Å². The first-order valence-corrected chi connectivity index (χ1v) is 7.02. The molecule has 4 nitrogen and oxygen atoms in total. The standard InChI is InChI=1S/C14H20N4S/c1-11-9-13(18-7-3-2-4-8-18)6-5-12(11)10-16-17-14(15)19/h5-6,9-10H,2-4,7-8H2,1H3,(H3,15,17,19). The van der Waals surface area contributed by atoms with Crippen molar-refractivity contribution in [1.29, 1.82) is 0 Å². The van der Waals surface area contributed by atoms with Crippen LogP contribution in [0.3, 0.4) is 0 Å². The van der Waals surface area contributed by atoms with E-state index in [0.717, 1.165) is 18.7 Å². The summed E-state index contributed by atoms with van der Waals surface area (Å²) in [6, 6.07) is 6.46. The van der Waals surface area contributed by atoms with E-state index in [1.807, 2.05) is 0 Å². The second kappa shape index (κ2) is 6.52. The van der Waals surface area contributed by atoms with Gasteiger partial charge in [0.1, 0.15) is 0 Å². The highest BCUT2D eigenvalue weighted by atomic mass is 32.1. The van der Waals surface area contributed by atoms with Crippen LogP contribution >= 0.6 is 12.2 Å². The van der Waals surface area contributed by atoms with Gasteiger partial charge in [0.25, 0.3) is 0 Å². The quantitative estimate of drug-likeness (QED) is 0.504. The Balaban J connectivity index is 2.07. The molecule has 5 heteroatoms. The highest BCUT2D eigenvalue weighted by Gasteiger charge is 2.11. The molecular formula is C14H20N4S. The van der Waals surface area contributed by atoms with Crippen molar-refractivity contribution in [3.63, 3.8) is 0 Å². The molecule has 0 saturated carbocycles. The van der Waals surface area contributed by atoms with Gasteiger partial charge < -0.3 is 10.6 Å². The van der Waals surface area contributed by atoms with E-state index in [-0.39, 0.29) is 5.11 Å². The Morgan fingerprint density at radius 3 is 2.74 bits per heavy atom. The maximum absolute atomic E-state index is 5.32. The minimum atomic E-state index is 0.179. The fourth-order valence-electron chi connectivity index (χ4n) is 2.32. The summed E-state index contributed by atoms with van der Waals surface area (Å²) in [7, 11) is 0. The second-order valence-electron chi connectivity index (χ2n) is 4.82. The minimum Gasteiger partial charge on any atom is -0.375 e. The first-order valence-electron chi connectivity index (χ1n) is 6.61. The van der Waals surface area contributed by atoms with Gasteiger partial charge in [-0.05, 0) is 61.7 Å². The van der Waals surface area contributed by atoms with Crippen LogP contribution in [-0.2, 0) is 0 Å². The maximum Gasteiger partial charge on any atom is 0.184 e. The fraction of sp³-hybridized carbons (Fsp3) is 0.429. The van der Waals surface area contributed by atoms with Crippen molar-refractivity contribution in [3.05, 3.63) is 29.3 Å². The highest BCUT2D eigenvalue weighted by Crippen LogP contribution is 2.22. The molecule has 19 heavy (non-hydrogen) atoms. The van der Waals surface area contributed by atoms with Gasteiger partial charge in [0.2, 0.25) is 0 Å². The minimum absolute atomic E-state index is 0.179. The fourth-order valence-corrected chi connectivity index (χ4v) is 2.37. The zero-order valence-electron chi connectivity index (χ0n) is 11.2. The lowest BCUT2D eigenvalue weighted by Gasteiger charge is -2.29. The lowest BCUT2D eigenvalue weighted by Crippen LogP contribution is -2.29. The molecule has 1 fully saturated rings. The van der Waals surface area contributed by atoms with E-state index in [9.17, 15) is 0 Å². The van der Waals surface area contributed by atoms with Crippen LogP contribution in [0.25, 0.3) is 0 Å². The number of rotatable bonds is 3. The average Bonchev–Trinajstić information content (AvgIpc) is 2.41. The SMILES string of the molecule is Cc1cc(N2CCCCC2)ccc1C=NNC(N)=S. The van der Waals surface area contributed by atoms with Crippen LogP contribution < -0.4 is 16.1 Å². The lowest BCUT2D eigenvalue weighted by molar-refractivity contribution is 0.578. The summed E-state index contributed by atoms with van der Waals surface area (Å²) in [6.07, 6.45) is 5.68. The largest absolute Gasteiger partial charge is 0.375 e. The molecule has 0 aliphatic carbocycles. The van der Waals surface area contributed by atoms with Gasteiger partial charge in [0.05, 0.1) is 6.21 Å². The number of nitrogens with two attached hydrogens (primary N) is 1. The molecule has 0 unspecified atom stereocenters. The van der Waals surface area contributed by atoms with E-state index in [4.69, 9.17) is 18.0 Å². The van der Waals surface area contributed by atoms with Crippen molar-refractivity contribution >= 4 is 29.2 Å². The van der Waals surface area contributed by atoms with Gasteiger partial charge in [-0.1, -0.05) is 6.07 Å². The molecule has 1 aromatic carbocycles. The Bertz CT molecular complexity index is 478. The number of hydrogen-bond acceptors (Lipinski definition) is 3. The van der Waals surface area contributed by atoms with E-state index in [0.29, 0.717) is 0 Å². The predicted octanol–water partition coefficient (Wildman–Crippen LogP) is 2.15. The third kappa shape index (κ3) is 3.92. The summed E-state index contributed by atoms with van der Waals surface area (Å²) in [5, 5.41) is 4.17. The van der Waals surface area contributed by atoms with Crippen LogP contribution in [-0.4, -0.2) is 24.4 Å². The maximum atomic E-state index is 5.32. The third-order valence-corrected chi connectivity index (χ3v) is 3.44. The molecule has 0 atom stereocenters. The molecule has 0 spiro atoms. The predicted molar refractivity (Wildman–Crippen MR) is 84.8 cm³/mol. The van der Waals surface area contributed by atoms with Gasteiger partial charge in [-0.2, -0.15) is 5.10 Å². The summed E-state index contributed by atoms with van der Waals surface area (Å²) in [5.41, 5.74) is 11.5. The highest BCUT2D eigenvalue weighted by molar-refractivity contribution is 7.80. The molecule has 1 aliphatic rings. The van der Waals surface area contributed by atoms with Gasteiger partial charge in [-0.15, -0.1) is 0 Å². The van der Waals surface area contributed by atoms with E-state index in [1.165, 1.54) is 30.5 Å². The molecule has 1 saturated heterocycles.